The van der Waals surface area contributed by atoms with Gasteiger partial charge in [0.25, 0.3) is 11.8 Å². The SMILES string of the molecule is CNC(=O)c1ccc(CN(C)C(=O)c2ccc(OCc3cn4cc(C)ccc4n3)cc2)cc1. The number of aryl methyl sites for hydroxylation is 1. The quantitative estimate of drug-likeness (QED) is 0.472. The number of benzene rings is 2. The minimum absolute atomic E-state index is 0.0901. The molecule has 4 rings (SSSR count). The molecule has 2 aromatic carbocycles. The lowest BCUT2D eigenvalue weighted by Gasteiger charge is -2.18. The maximum absolute atomic E-state index is 12.8. The van der Waals surface area contributed by atoms with Gasteiger partial charge in [-0.25, -0.2) is 4.98 Å². The molecule has 0 saturated heterocycles. The van der Waals surface area contributed by atoms with E-state index < -0.39 is 0 Å². The van der Waals surface area contributed by atoms with Crippen molar-refractivity contribution in [2.75, 3.05) is 14.1 Å². The van der Waals surface area contributed by atoms with Crippen LogP contribution in [0.5, 0.6) is 5.75 Å². The number of carbonyl (C=O) groups is 2. The molecule has 33 heavy (non-hydrogen) atoms. The van der Waals surface area contributed by atoms with Crippen LogP contribution >= 0.6 is 0 Å². The number of nitrogens with one attached hydrogen (secondary N) is 1. The van der Waals surface area contributed by atoms with Crippen LogP contribution in [0.4, 0.5) is 0 Å². The standard InChI is InChI=1S/C26H26N4O3/c1-18-4-13-24-28-22(16-30(24)14-18)17-33-23-11-9-21(10-12-23)26(32)29(3)15-19-5-7-20(8-6-19)25(31)27-2/h4-14,16H,15,17H2,1-3H3,(H,27,31). The van der Waals surface area contributed by atoms with Gasteiger partial charge in [-0.15, -0.1) is 0 Å². The van der Waals surface area contributed by atoms with Gasteiger partial charge in [-0.2, -0.15) is 0 Å². The van der Waals surface area contributed by atoms with Crippen LogP contribution in [-0.2, 0) is 13.2 Å². The normalized spacial score (nSPS) is 10.8. The minimum Gasteiger partial charge on any atom is -0.487 e. The number of nitrogens with zero attached hydrogens (tertiary/aromatic N) is 3. The number of ether oxygens (including phenoxy) is 1. The van der Waals surface area contributed by atoms with Crippen LogP contribution in [0.2, 0.25) is 0 Å². The Hall–Kier alpha value is -4.13. The Morgan fingerprint density at radius 2 is 1.67 bits per heavy atom. The zero-order valence-electron chi connectivity index (χ0n) is 18.9. The Balaban J connectivity index is 1.34. The topological polar surface area (TPSA) is 75.9 Å². The second-order valence-corrected chi connectivity index (χ2v) is 7.95. The predicted molar refractivity (Wildman–Crippen MR) is 126 cm³/mol. The van der Waals surface area contributed by atoms with E-state index in [9.17, 15) is 9.59 Å². The van der Waals surface area contributed by atoms with Crippen molar-refractivity contribution in [1.82, 2.24) is 19.6 Å². The summed E-state index contributed by atoms with van der Waals surface area (Å²) in [6.07, 6.45) is 3.98. The number of carbonyl (C=O) groups excluding carboxylic acids is 2. The lowest BCUT2D eigenvalue weighted by molar-refractivity contribution is 0.0784. The third-order valence-electron chi connectivity index (χ3n) is 5.35. The molecular formula is C26H26N4O3. The molecule has 0 spiro atoms. The number of amides is 2. The molecule has 0 aliphatic carbocycles. The molecule has 168 valence electrons. The zero-order valence-corrected chi connectivity index (χ0v) is 18.9. The number of pyridine rings is 1. The van der Waals surface area contributed by atoms with Crippen molar-refractivity contribution in [2.45, 2.75) is 20.1 Å². The molecule has 0 saturated carbocycles. The third kappa shape index (κ3) is 5.20. The third-order valence-corrected chi connectivity index (χ3v) is 5.35. The first-order chi connectivity index (χ1) is 15.9. The Bertz CT molecular complexity index is 1280. The molecule has 2 heterocycles. The zero-order chi connectivity index (χ0) is 23.4. The first-order valence-corrected chi connectivity index (χ1v) is 10.7. The number of imidazole rings is 1. The molecule has 7 heteroatoms. The summed E-state index contributed by atoms with van der Waals surface area (Å²) in [6, 6.07) is 18.3. The van der Waals surface area contributed by atoms with Crippen molar-refractivity contribution in [3.63, 3.8) is 0 Å². The summed E-state index contributed by atoms with van der Waals surface area (Å²) in [7, 11) is 3.35. The lowest BCUT2D eigenvalue weighted by Crippen LogP contribution is -2.26. The summed E-state index contributed by atoms with van der Waals surface area (Å²) >= 11 is 0. The van der Waals surface area contributed by atoms with Crippen LogP contribution in [0.15, 0.2) is 73.1 Å². The van der Waals surface area contributed by atoms with Crippen molar-refractivity contribution >= 4 is 17.5 Å². The molecule has 0 aliphatic rings. The highest BCUT2D eigenvalue weighted by atomic mass is 16.5. The Morgan fingerprint density at radius 3 is 2.36 bits per heavy atom. The largest absolute Gasteiger partial charge is 0.487 e. The minimum atomic E-state index is -0.135. The molecule has 2 amide bonds. The van der Waals surface area contributed by atoms with E-state index in [0.717, 1.165) is 16.9 Å². The highest BCUT2D eigenvalue weighted by Gasteiger charge is 2.13. The second-order valence-electron chi connectivity index (χ2n) is 7.95. The summed E-state index contributed by atoms with van der Waals surface area (Å²) in [5.41, 5.74) is 4.99. The summed E-state index contributed by atoms with van der Waals surface area (Å²) in [5.74, 6) is 0.449. The van der Waals surface area contributed by atoms with Crippen LogP contribution in [0, 0.1) is 6.92 Å². The van der Waals surface area contributed by atoms with E-state index in [1.165, 1.54) is 5.56 Å². The van der Waals surface area contributed by atoms with E-state index in [4.69, 9.17) is 4.74 Å². The first-order valence-electron chi connectivity index (χ1n) is 10.7. The fourth-order valence-corrected chi connectivity index (χ4v) is 3.55. The molecular weight excluding hydrogens is 416 g/mol. The average molecular weight is 443 g/mol. The highest BCUT2D eigenvalue weighted by molar-refractivity contribution is 5.94. The molecule has 4 aromatic rings. The Labute approximate surface area is 192 Å². The summed E-state index contributed by atoms with van der Waals surface area (Å²) in [4.78, 5) is 30.6. The molecule has 0 atom stereocenters. The van der Waals surface area contributed by atoms with Crippen LogP contribution in [0.3, 0.4) is 0 Å². The van der Waals surface area contributed by atoms with Gasteiger partial charge >= 0.3 is 0 Å². The summed E-state index contributed by atoms with van der Waals surface area (Å²) in [6.45, 7) is 2.83. The molecule has 0 aliphatic heterocycles. The van der Waals surface area contributed by atoms with E-state index in [0.29, 0.717) is 30.0 Å². The number of fused-ring (bicyclic) bond motifs is 1. The van der Waals surface area contributed by atoms with E-state index >= 15 is 0 Å². The van der Waals surface area contributed by atoms with Crippen molar-refractivity contribution in [2.24, 2.45) is 0 Å². The number of hydrogen-bond acceptors (Lipinski definition) is 4. The highest BCUT2D eigenvalue weighted by Crippen LogP contribution is 2.17. The molecule has 0 fully saturated rings. The summed E-state index contributed by atoms with van der Waals surface area (Å²) < 4.78 is 7.83. The van der Waals surface area contributed by atoms with Crippen molar-refractivity contribution < 1.29 is 14.3 Å². The fourth-order valence-electron chi connectivity index (χ4n) is 3.55. The van der Waals surface area contributed by atoms with Gasteiger partial charge < -0.3 is 19.4 Å². The van der Waals surface area contributed by atoms with E-state index in [-0.39, 0.29) is 11.8 Å². The van der Waals surface area contributed by atoms with Gasteiger partial charge in [0.2, 0.25) is 0 Å². The monoisotopic (exact) mass is 442 g/mol. The first kappa shape index (κ1) is 22.1. The van der Waals surface area contributed by atoms with Crippen LogP contribution < -0.4 is 10.1 Å². The molecule has 1 N–H and O–H groups in total. The molecule has 0 radical (unpaired) electrons. The predicted octanol–water partition coefficient (Wildman–Crippen LogP) is 3.85. The molecule has 0 unspecified atom stereocenters. The van der Waals surface area contributed by atoms with Gasteiger partial charge in [0.1, 0.15) is 18.0 Å². The van der Waals surface area contributed by atoms with Gasteiger partial charge in [-0.3, -0.25) is 9.59 Å². The Kier molecular flexibility index (Phi) is 6.40. The molecule has 2 aromatic heterocycles. The lowest BCUT2D eigenvalue weighted by atomic mass is 10.1. The van der Waals surface area contributed by atoms with E-state index in [2.05, 4.69) is 10.3 Å². The Morgan fingerprint density at radius 1 is 0.970 bits per heavy atom. The maximum Gasteiger partial charge on any atom is 0.253 e. The van der Waals surface area contributed by atoms with Crippen molar-refractivity contribution in [1.29, 1.82) is 0 Å². The smallest absolute Gasteiger partial charge is 0.253 e. The number of rotatable bonds is 7. The van der Waals surface area contributed by atoms with E-state index in [1.54, 1.807) is 55.4 Å². The van der Waals surface area contributed by atoms with Crippen LogP contribution in [0.25, 0.3) is 5.65 Å². The van der Waals surface area contributed by atoms with Crippen molar-refractivity contribution in [3.8, 4) is 5.75 Å². The summed E-state index contributed by atoms with van der Waals surface area (Å²) in [5, 5.41) is 2.59. The van der Waals surface area contributed by atoms with Gasteiger partial charge in [0.15, 0.2) is 0 Å². The van der Waals surface area contributed by atoms with Crippen molar-refractivity contribution in [3.05, 3.63) is 101 Å². The fraction of sp³-hybridized carbons (Fsp3) is 0.192. The second kappa shape index (κ2) is 9.56. The van der Waals surface area contributed by atoms with Gasteiger partial charge in [-0.1, -0.05) is 18.2 Å². The molecule has 7 nitrogen and oxygen atoms in total. The van der Waals surface area contributed by atoms with Crippen LogP contribution in [-0.4, -0.2) is 40.2 Å². The van der Waals surface area contributed by atoms with Gasteiger partial charge in [0.05, 0.1) is 5.69 Å². The van der Waals surface area contributed by atoms with Crippen LogP contribution in [0.1, 0.15) is 37.5 Å². The van der Waals surface area contributed by atoms with Gasteiger partial charge in [0, 0.05) is 44.2 Å². The molecule has 0 bridgehead atoms. The average Bonchev–Trinajstić information content (AvgIpc) is 3.24. The van der Waals surface area contributed by atoms with E-state index in [1.807, 2.05) is 48.0 Å². The van der Waals surface area contributed by atoms with Gasteiger partial charge in [-0.05, 0) is 60.5 Å². The number of aromatic nitrogens is 2. The number of hydrogen-bond donors (Lipinski definition) is 1. The maximum atomic E-state index is 12.8.